The van der Waals surface area contributed by atoms with Gasteiger partial charge in [0.15, 0.2) is 0 Å². The minimum Gasteiger partial charge on any atom is -0.394 e. The van der Waals surface area contributed by atoms with Gasteiger partial charge in [-0.2, -0.15) is 5.26 Å². The number of halogens is 4. The molecule has 3 rings (SSSR count). The van der Waals surface area contributed by atoms with Gasteiger partial charge in [0.2, 0.25) is 5.91 Å². The maximum absolute atomic E-state index is 15.6. The summed E-state index contributed by atoms with van der Waals surface area (Å²) < 4.78 is 31.3. The molecule has 2 aromatic carbocycles. The zero-order valence-corrected chi connectivity index (χ0v) is 23.2. The zero-order chi connectivity index (χ0) is 27.5. The van der Waals surface area contributed by atoms with Gasteiger partial charge in [0.1, 0.15) is 17.0 Å². The summed E-state index contributed by atoms with van der Waals surface area (Å²) >= 11 is 9.22. The Morgan fingerprint density at radius 2 is 2.03 bits per heavy atom. The van der Waals surface area contributed by atoms with Gasteiger partial charge in [-0.25, -0.2) is 8.78 Å². The molecule has 0 spiro atoms. The van der Waals surface area contributed by atoms with Crippen molar-refractivity contribution in [1.29, 1.82) is 5.26 Å². The van der Waals surface area contributed by atoms with E-state index in [1.165, 1.54) is 24.3 Å². The molecule has 200 valence electrons. The molecule has 1 fully saturated rings. The summed E-state index contributed by atoms with van der Waals surface area (Å²) in [6, 6.07) is 9.12. The van der Waals surface area contributed by atoms with Crippen LogP contribution in [0.15, 0.2) is 40.9 Å². The van der Waals surface area contributed by atoms with Crippen molar-refractivity contribution >= 4 is 33.4 Å². The van der Waals surface area contributed by atoms with Crippen LogP contribution in [0.3, 0.4) is 0 Å². The second kappa shape index (κ2) is 11.7. The van der Waals surface area contributed by atoms with Crippen LogP contribution in [0.4, 0.5) is 8.78 Å². The molecular weight excluding hydrogens is 568 g/mol. The minimum atomic E-state index is -1.67. The smallest absolute Gasteiger partial charge is 0.237 e. The van der Waals surface area contributed by atoms with Crippen molar-refractivity contribution in [3.63, 3.8) is 0 Å². The topological polar surface area (TPSA) is 105 Å². The van der Waals surface area contributed by atoms with Crippen LogP contribution < -0.4 is 10.6 Å². The van der Waals surface area contributed by atoms with E-state index < -0.39 is 53.7 Å². The zero-order valence-electron chi connectivity index (χ0n) is 20.9. The predicted octanol–water partition coefficient (Wildman–Crippen LogP) is 4.56. The monoisotopic (exact) mass is 597 g/mol. The molecule has 10 heteroatoms. The lowest BCUT2D eigenvalue weighted by Gasteiger charge is -2.37. The fraction of sp³-hybridized carbons (Fsp3) is 0.481. The molecule has 5 atom stereocenters. The number of benzene rings is 2. The molecule has 1 saturated heterocycles. The highest BCUT2D eigenvalue weighted by molar-refractivity contribution is 9.10. The average molecular weight is 599 g/mol. The molecule has 0 aliphatic carbocycles. The van der Waals surface area contributed by atoms with Crippen molar-refractivity contribution in [2.24, 2.45) is 5.41 Å². The van der Waals surface area contributed by atoms with Crippen LogP contribution >= 0.6 is 27.5 Å². The van der Waals surface area contributed by atoms with Gasteiger partial charge in [-0.1, -0.05) is 50.6 Å². The lowest BCUT2D eigenvalue weighted by atomic mass is 9.62. The number of amides is 1. The third kappa shape index (κ3) is 6.15. The van der Waals surface area contributed by atoms with Gasteiger partial charge < -0.3 is 20.8 Å². The number of aliphatic hydroxyl groups excluding tert-OH is 2. The molecule has 0 radical (unpaired) electrons. The normalized spacial score (nSPS) is 24.5. The number of carbonyl (C=O) groups excluding carboxylic acids is 1. The van der Waals surface area contributed by atoms with E-state index in [1.807, 2.05) is 20.8 Å². The van der Waals surface area contributed by atoms with Crippen LogP contribution in [0.25, 0.3) is 0 Å². The Morgan fingerprint density at radius 3 is 2.62 bits per heavy atom. The van der Waals surface area contributed by atoms with Gasteiger partial charge in [-0.3, -0.25) is 4.79 Å². The maximum Gasteiger partial charge on any atom is 0.237 e. The van der Waals surface area contributed by atoms with E-state index in [-0.39, 0.29) is 39.0 Å². The van der Waals surface area contributed by atoms with Crippen molar-refractivity contribution in [1.82, 2.24) is 10.6 Å². The van der Waals surface area contributed by atoms with E-state index >= 15 is 8.78 Å². The van der Waals surface area contributed by atoms with E-state index in [1.54, 1.807) is 6.07 Å². The van der Waals surface area contributed by atoms with Crippen LogP contribution in [0.2, 0.25) is 5.02 Å². The third-order valence-electron chi connectivity index (χ3n) is 6.72. The summed E-state index contributed by atoms with van der Waals surface area (Å²) in [5.41, 5.74) is -1.89. The Bertz CT molecular complexity index is 1190. The largest absolute Gasteiger partial charge is 0.394 e. The van der Waals surface area contributed by atoms with E-state index in [4.69, 9.17) is 16.7 Å². The third-order valence-corrected chi connectivity index (χ3v) is 7.57. The van der Waals surface area contributed by atoms with Gasteiger partial charge in [-0.05, 0) is 57.9 Å². The Labute approximate surface area is 229 Å². The molecule has 37 heavy (non-hydrogen) atoms. The highest BCUT2D eigenvalue weighted by atomic mass is 79.9. The Balaban J connectivity index is 2.24. The molecule has 0 saturated carbocycles. The van der Waals surface area contributed by atoms with Gasteiger partial charge in [0.05, 0.1) is 29.3 Å². The first-order valence-corrected chi connectivity index (χ1v) is 13.2. The van der Waals surface area contributed by atoms with Crippen LogP contribution in [-0.2, 0) is 10.2 Å². The van der Waals surface area contributed by atoms with E-state index in [2.05, 4.69) is 32.6 Å². The average Bonchev–Trinajstić information content (AvgIpc) is 3.13. The first kappa shape index (κ1) is 29.5. The summed E-state index contributed by atoms with van der Waals surface area (Å²) in [6.07, 6.45) is -0.530. The van der Waals surface area contributed by atoms with Crippen molar-refractivity contribution in [2.45, 2.75) is 63.1 Å². The van der Waals surface area contributed by atoms with Crippen LogP contribution in [0, 0.1) is 28.4 Å². The number of aliphatic hydroxyl groups is 2. The predicted molar refractivity (Wildman–Crippen MR) is 141 cm³/mol. The highest BCUT2D eigenvalue weighted by Gasteiger charge is 2.61. The number of rotatable bonds is 8. The van der Waals surface area contributed by atoms with E-state index in [0.717, 1.165) is 6.07 Å². The van der Waals surface area contributed by atoms with Crippen molar-refractivity contribution in [3.05, 3.63) is 68.7 Å². The van der Waals surface area contributed by atoms with Crippen LogP contribution in [0.1, 0.15) is 50.7 Å². The first-order valence-electron chi connectivity index (χ1n) is 12.0. The molecule has 1 amide bonds. The Hall–Kier alpha value is -2.09. The summed E-state index contributed by atoms with van der Waals surface area (Å²) in [6.45, 7) is 5.49. The van der Waals surface area contributed by atoms with Crippen molar-refractivity contribution in [3.8, 4) is 6.07 Å². The summed E-state index contributed by atoms with van der Waals surface area (Å²) in [5.74, 6) is -3.00. The molecule has 2 aromatic rings. The quantitative estimate of drug-likeness (QED) is 0.357. The Morgan fingerprint density at radius 1 is 1.32 bits per heavy atom. The standard InChI is InChI=1S/C27H31BrClF2N3O3/c1-26(2,3)12-21-27(14-32,18-8-7-15(29)11-20(18)30)22(17-5-4-6-19(28)23(17)31)24(34-21)25(37)33-10-9-16(36)13-35/h4-8,11,16,21-22,24,34-36H,9-10,12-13H2,1-3H3,(H,33,37)/t16-,21-,22-,24+,27-/m0/s1. The van der Waals surface area contributed by atoms with Gasteiger partial charge in [0.25, 0.3) is 0 Å². The molecule has 1 aliphatic heterocycles. The fourth-order valence-corrected chi connectivity index (χ4v) is 5.66. The fourth-order valence-electron chi connectivity index (χ4n) is 5.12. The minimum absolute atomic E-state index is 0.0246. The molecule has 6 nitrogen and oxygen atoms in total. The molecule has 4 N–H and O–H groups in total. The van der Waals surface area contributed by atoms with Crippen LogP contribution in [0.5, 0.6) is 0 Å². The van der Waals surface area contributed by atoms with Crippen molar-refractivity contribution in [2.75, 3.05) is 13.2 Å². The second-order valence-corrected chi connectivity index (χ2v) is 11.9. The molecule has 0 bridgehead atoms. The molecule has 0 aromatic heterocycles. The lowest BCUT2D eigenvalue weighted by molar-refractivity contribution is -0.123. The number of nitriles is 1. The SMILES string of the molecule is CC(C)(C)C[C@@H]1N[C@@H](C(=O)NCC[C@H](O)CO)[C@H](c2cccc(Br)c2F)[C@@]1(C#N)c1ccc(Cl)cc1F. The summed E-state index contributed by atoms with van der Waals surface area (Å²) in [5, 5.41) is 35.6. The summed E-state index contributed by atoms with van der Waals surface area (Å²) in [7, 11) is 0. The van der Waals surface area contributed by atoms with Gasteiger partial charge in [0, 0.05) is 29.1 Å². The molecule has 1 aliphatic rings. The van der Waals surface area contributed by atoms with Gasteiger partial charge in [-0.15, -0.1) is 0 Å². The van der Waals surface area contributed by atoms with E-state index in [9.17, 15) is 15.2 Å². The maximum atomic E-state index is 15.6. The number of hydrogen-bond acceptors (Lipinski definition) is 5. The van der Waals surface area contributed by atoms with Gasteiger partial charge >= 0.3 is 0 Å². The number of hydrogen-bond donors (Lipinski definition) is 4. The first-order chi connectivity index (χ1) is 17.4. The molecule has 1 heterocycles. The van der Waals surface area contributed by atoms with E-state index in [0.29, 0.717) is 6.42 Å². The number of nitrogens with one attached hydrogen (secondary N) is 2. The Kier molecular flexibility index (Phi) is 9.36. The number of carbonyl (C=O) groups is 1. The second-order valence-electron chi connectivity index (χ2n) is 10.6. The highest BCUT2D eigenvalue weighted by Crippen LogP contribution is 2.52. The molecule has 0 unspecified atom stereocenters. The lowest BCUT2D eigenvalue weighted by Crippen LogP contribution is -2.46. The van der Waals surface area contributed by atoms with Crippen LogP contribution in [-0.4, -0.2) is 47.5 Å². The van der Waals surface area contributed by atoms with Crippen molar-refractivity contribution < 1.29 is 23.8 Å². The molecular formula is C27H31BrClF2N3O3. The number of nitrogens with zero attached hydrogens (tertiary/aromatic N) is 1. The summed E-state index contributed by atoms with van der Waals surface area (Å²) in [4.78, 5) is 13.5.